The topological polar surface area (TPSA) is 118 Å². The molecule has 2 atom stereocenters. The van der Waals surface area contributed by atoms with Crippen LogP contribution in [0.5, 0.6) is 11.5 Å². The number of nitrogens with zero attached hydrogens (tertiary/aromatic N) is 2. The van der Waals surface area contributed by atoms with Crippen molar-refractivity contribution in [2.75, 3.05) is 0 Å². The van der Waals surface area contributed by atoms with Gasteiger partial charge in [0, 0.05) is 21.2 Å². The lowest BCUT2D eigenvalue weighted by molar-refractivity contribution is 0.337. The predicted molar refractivity (Wildman–Crippen MR) is 145 cm³/mol. The van der Waals surface area contributed by atoms with Crippen molar-refractivity contribution in [1.82, 2.24) is 0 Å². The van der Waals surface area contributed by atoms with Gasteiger partial charge in [-0.15, -0.1) is 0 Å². The van der Waals surface area contributed by atoms with E-state index >= 15 is 0 Å². The third-order valence-electron chi connectivity index (χ3n) is 6.96. The molecule has 38 heavy (non-hydrogen) atoms. The van der Waals surface area contributed by atoms with Crippen LogP contribution in [0.3, 0.4) is 0 Å². The largest absolute Gasteiger partial charge is 0.436 e. The number of rotatable bonds is 2. The fraction of sp³-hybridized carbons (Fsp3) is 0.0667. The fourth-order valence-electron chi connectivity index (χ4n) is 5.34. The normalized spacial score (nSPS) is 18.1. The summed E-state index contributed by atoms with van der Waals surface area (Å²) in [6.07, 6.45) is 0. The Kier molecular flexibility index (Phi) is 5.65. The molecule has 184 valence electrons. The van der Waals surface area contributed by atoms with Gasteiger partial charge in [0.25, 0.3) is 0 Å². The van der Waals surface area contributed by atoms with Crippen LogP contribution in [0.2, 0.25) is 10.0 Å². The van der Waals surface area contributed by atoms with Crippen molar-refractivity contribution >= 4 is 34.0 Å². The molecule has 0 spiro atoms. The van der Waals surface area contributed by atoms with E-state index in [1.807, 2.05) is 48.5 Å². The first-order chi connectivity index (χ1) is 18.4. The summed E-state index contributed by atoms with van der Waals surface area (Å²) < 4.78 is 12.3. The molecule has 0 aliphatic carbocycles. The molecule has 4 aromatic rings. The van der Waals surface area contributed by atoms with E-state index in [0.29, 0.717) is 21.5 Å². The van der Waals surface area contributed by atoms with Gasteiger partial charge < -0.3 is 20.9 Å². The second kappa shape index (κ2) is 9.04. The number of allylic oxidation sites excluding steroid dienone is 2. The first-order valence-electron chi connectivity index (χ1n) is 11.7. The molecule has 6 rings (SSSR count). The third-order valence-corrected chi connectivity index (χ3v) is 7.46. The zero-order valence-corrected chi connectivity index (χ0v) is 21.2. The number of ether oxygens (including phenoxy) is 2. The van der Waals surface area contributed by atoms with Crippen molar-refractivity contribution < 1.29 is 9.47 Å². The second-order valence-electron chi connectivity index (χ2n) is 8.98. The number of hydrogen-bond acceptors (Lipinski definition) is 6. The highest BCUT2D eigenvalue weighted by Gasteiger charge is 2.41. The molecule has 0 bridgehead atoms. The van der Waals surface area contributed by atoms with Crippen molar-refractivity contribution in [3.05, 3.63) is 128 Å². The molecule has 2 heterocycles. The van der Waals surface area contributed by atoms with Crippen molar-refractivity contribution in [3.63, 3.8) is 0 Å². The average molecular weight is 537 g/mol. The van der Waals surface area contributed by atoms with Crippen LogP contribution in [0.25, 0.3) is 10.8 Å². The van der Waals surface area contributed by atoms with E-state index < -0.39 is 11.8 Å². The summed E-state index contributed by atoms with van der Waals surface area (Å²) in [5, 5.41) is 23.0. The van der Waals surface area contributed by atoms with Crippen molar-refractivity contribution in [2.24, 2.45) is 11.5 Å². The van der Waals surface area contributed by atoms with Gasteiger partial charge in [0.1, 0.15) is 23.3 Å². The van der Waals surface area contributed by atoms with E-state index in [0.717, 1.165) is 33.0 Å². The molecule has 0 saturated carbocycles. The van der Waals surface area contributed by atoms with Crippen LogP contribution in [0.1, 0.15) is 34.1 Å². The smallest absolute Gasteiger partial charge is 0.205 e. The zero-order valence-electron chi connectivity index (χ0n) is 19.7. The van der Waals surface area contributed by atoms with Gasteiger partial charge in [0.2, 0.25) is 11.8 Å². The van der Waals surface area contributed by atoms with Crippen LogP contribution in [0, 0.1) is 22.7 Å². The van der Waals surface area contributed by atoms with Crippen LogP contribution >= 0.6 is 23.2 Å². The Bertz CT molecular complexity index is 1650. The molecule has 0 aromatic heterocycles. The Labute approximate surface area is 228 Å². The van der Waals surface area contributed by atoms with E-state index in [1.165, 1.54) is 0 Å². The van der Waals surface area contributed by atoms with Crippen LogP contribution in [0.15, 0.2) is 95.7 Å². The van der Waals surface area contributed by atoms with Gasteiger partial charge in [-0.1, -0.05) is 71.7 Å². The second-order valence-corrected chi connectivity index (χ2v) is 9.86. The van der Waals surface area contributed by atoms with Crippen LogP contribution in [-0.4, -0.2) is 0 Å². The summed E-state index contributed by atoms with van der Waals surface area (Å²) in [6.45, 7) is 0. The van der Waals surface area contributed by atoms with Gasteiger partial charge in [-0.3, -0.25) is 0 Å². The summed E-state index contributed by atoms with van der Waals surface area (Å²) in [6, 6.07) is 26.7. The maximum Gasteiger partial charge on any atom is 0.205 e. The van der Waals surface area contributed by atoms with E-state index in [9.17, 15) is 10.5 Å². The predicted octanol–water partition coefficient (Wildman–Crippen LogP) is 6.58. The summed E-state index contributed by atoms with van der Waals surface area (Å²) in [7, 11) is 0. The highest BCUT2D eigenvalue weighted by atomic mass is 35.5. The molecule has 2 aliphatic rings. The monoisotopic (exact) mass is 536 g/mol. The Morgan fingerprint density at radius 3 is 1.32 bits per heavy atom. The molecule has 4 aromatic carbocycles. The van der Waals surface area contributed by atoms with E-state index in [-0.39, 0.29) is 22.9 Å². The molecular formula is C30H18Cl2N4O2. The zero-order chi connectivity index (χ0) is 26.6. The maximum atomic E-state index is 10.1. The number of benzene rings is 4. The summed E-state index contributed by atoms with van der Waals surface area (Å²) in [4.78, 5) is 0. The summed E-state index contributed by atoms with van der Waals surface area (Å²) >= 11 is 12.3. The minimum atomic E-state index is -0.545. The molecule has 0 saturated heterocycles. The highest BCUT2D eigenvalue weighted by Crippen LogP contribution is 2.56. The molecule has 2 aliphatic heterocycles. The summed E-state index contributed by atoms with van der Waals surface area (Å²) in [5.74, 6) is -0.439. The molecular weight excluding hydrogens is 519 g/mol. The highest BCUT2D eigenvalue weighted by molar-refractivity contribution is 6.30. The first kappa shape index (κ1) is 23.8. The Hall–Kier alpha value is -4.62. The standard InChI is InChI=1S/C30H18Cl2N4O2/c31-17-9-5-15(6-10-17)23-21(13-33)29(35)37-27-25(23)19-3-1-2-4-20(19)26-24(16-7-11-18(32)12-8-16)22(14-34)30(36)38-28(26)27/h1-12,23-24H,35-36H2/t23-,24+. The molecule has 0 fully saturated rings. The SMILES string of the molecule is N#CC1=C(N)Oc2c3c(c4ccccc4c2[C@H]1c1ccc(Cl)cc1)[C@H](c1ccc(Cl)cc1)C(C#N)=C(N)O3. The number of nitrogens with two attached hydrogens (primary N) is 2. The quantitative estimate of drug-likeness (QED) is 0.298. The Morgan fingerprint density at radius 1 is 0.605 bits per heavy atom. The van der Waals surface area contributed by atoms with E-state index in [4.69, 9.17) is 44.1 Å². The minimum Gasteiger partial charge on any atom is -0.436 e. The van der Waals surface area contributed by atoms with Gasteiger partial charge in [0.05, 0.1) is 11.8 Å². The van der Waals surface area contributed by atoms with Crippen molar-refractivity contribution in [1.29, 1.82) is 10.5 Å². The van der Waals surface area contributed by atoms with E-state index in [1.54, 1.807) is 24.3 Å². The van der Waals surface area contributed by atoms with Crippen molar-refractivity contribution in [3.8, 4) is 23.6 Å². The van der Waals surface area contributed by atoms with Gasteiger partial charge >= 0.3 is 0 Å². The number of hydrogen-bond donors (Lipinski definition) is 2. The van der Waals surface area contributed by atoms with E-state index in [2.05, 4.69) is 12.1 Å². The summed E-state index contributed by atoms with van der Waals surface area (Å²) in [5.41, 5.74) is 16.3. The molecule has 8 heteroatoms. The van der Waals surface area contributed by atoms with Crippen LogP contribution < -0.4 is 20.9 Å². The third kappa shape index (κ3) is 3.55. The van der Waals surface area contributed by atoms with Gasteiger partial charge in [-0.05, 0) is 46.2 Å². The number of halogens is 2. The molecule has 0 amide bonds. The number of fused-ring (bicyclic) bond motifs is 6. The molecule has 0 radical (unpaired) electrons. The molecule has 6 nitrogen and oxygen atoms in total. The molecule has 0 unspecified atom stereocenters. The van der Waals surface area contributed by atoms with Crippen LogP contribution in [0.4, 0.5) is 0 Å². The fourth-order valence-corrected chi connectivity index (χ4v) is 5.59. The lowest BCUT2D eigenvalue weighted by atomic mass is 9.76. The van der Waals surface area contributed by atoms with Gasteiger partial charge in [0.15, 0.2) is 11.5 Å². The Morgan fingerprint density at radius 2 is 0.974 bits per heavy atom. The maximum absolute atomic E-state index is 10.1. The molecule has 4 N–H and O–H groups in total. The Balaban J connectivity index is 1.73. The van der Waals surface area contributed by atoms with Crippen molar-refractivity contribution in [2.45, 2.75) is 11.8 Å². The van der Waals surface area contributed by atoms with Gasteiger partial charge in [-0.25, -0.2) is 0 Å². The average Bonchev–Trinajstić information content (AvgIpc) is 2.93. The minimum absolute atomic E-state index is 0.0299. The van der Waals surface area contributed by atoms with Gasteiger partial charge in [-0.2, -0.15) is 10.5 Å². The first-order valence-corrected chi connectivity index (χ1v) is 12.4. The van der Waals surface area contributed by atoms with Crippen LogP contribution in [-0.2, 0) is 0 Å². The number of nitriles is 2. The lowest BCUT2D eigenvalue weighted by Crippen LogP contribution is -2.26. The lowest BCUT2D eigenvalue weighted by Gasteiger charge is -2.34.